The number of fused-ring (bicyclic) bond motifs is 1. The molecule has 0 aromatic carbocycles. The highest BCUT2D eigenvalue weighted by molar-refractivity contribution is 5.47. The van der Waals surface area contributed by atoms with Crippen molar-refractivity contribution in [1.82, 2.24) is 24.6 Å². The molecule has 0 bridgehead atoms. The van der Waals surface area contributed by atoms with Gasteiger partial charge in [0.2, 0.25) is 17.8 Å². The van der Waals surface area contributed by atoms with Crippen LogP contribution in [-0.2, 0) is 10.9 Å². The Kier molecular flexibility index (Phi) is 5.21. The average molecular weight is 451 g/mol. The number of aliphatic hydroxyl groups excluding tert-OH is 1. The Labute approximate surface area is 180 Å². The van der Waals surface area contributed by atoms with E-state index in [-0.39, 0.29) is 25.2 Å². The van der Waals surface area contributed by atoms with Gasteiger partial charge in [-0.05, 0) is 18.6 Å². The highest BCUT2D eigenvalue weighted by Gasteiger charge is 2.38. The number of ether oxygens (including phenoxy) is 2. The van der Waals surface area contributed by atoms with Crippen molar-refractivity contribution < 1.29 is 27.8 Å². The van der Waals surface area contributed by atoms with E-state index < -0.39 is 29.8 Å². The van der Waals surface area contributed by atoms with E-state index in [0.29, 0.717) is 37.3 Å². The molecule has 0 unspecified atom stereocenters. The van der Waals surface area contributed by atoms with Gasteiger partial charge < -0.3 is 24.8 Å². The lowest BCUT2D eigenvalue weighted by atomic mass is 10.0. The first kappa shape index (κ1) is 20.7. The second kappa shape index (κ2) is 8.06. The van der Waals surface area contributed by atoms with Crippen LogP contribution < -0.4 is 15.0 Å². The average Bonchev–Trinajstić information content (AvgIpc) is 3.14. The van der Waals surface area contributed by atoms with Crippen molar-refractivity contribution in [3.05, 3.63) is 36.2 Å². The molecule has 3 aromatic rings. The summed E-state index contributed by atoms with van der Waals surface area (Å²) in [5, 5.41) is 21.7. The van der Waals surface area contributed by atoms with Gasteiger partial charge >= 0.3 is 6.18 Å². The number of aromatic nitrogens is 5. The van der Waals surface area contributed by atoms with Gasteiger partial charge in [0.15, 0.2) is 5.65 Å². The maximum absolute atomic E-state index is 13.3. The third kappa shape index (κ3) is 4.12. The highest BCUT2D eigenvalue weighted by atomic mass is 19.4. The summed E-state index contributed by atoms with van der Waals surface area (Å²) in [6, 6.07) is 5.17. The van der Waals surface area contributed by atoms with Crippen LogP contribution in [-0.4, -0.2) is 74.2 Å². The zero-order valence-corrected chi connectivity index (χ0v) is 16.7. The lowest BCUT2D eigenvalue weighted by molar-refractivity contribution is -0.142. The van der Waals surface area contributed by atoms with Gasteiger partial charge in [-0.15, -0.1) is 10.2 Å². The molecule has 5 rings (SSSR count). The third-order valence-electron chi connectivity index (χ3n) is 5.29. The van der Waals surface area contributed by atoms with E-state index in [1.807, 2.05) is 29.3 Å². The molecular weight excluding hydrogens is 431 g/mol. The number of alkyl halides is 3. The number of pyridine rings is 1. The number of rotatable bonds is 5. The molecule has 2 atom stereocenters. The topological polar surface area (TPSA) is 110 Å². The van der Waals surface area contributed by atoms with Gasteiger partial charge in [0.1, 0.15) is 11.7 Å². The zero-order chi connectivity index (χ0) is 22.3. The summed E-state index contributed by atoms with van der Waals surface area (Å²) < 4.78 is 52.1. The summed E-state index contributed by atoms with van der Waals surface area (Å²) in [4.78, 5) is 9.65. The fourth-order valence-corrected chi connectivity index (χ4v) is 3.73. The molecule has 0 saturated carbocycles. The molecule has 2 fully saturated rings. The second-order valence-electron chi connectivity index (χ2n) is 7.75. The molecular formula is C19H20F3N7O3. The minimum Gasteiger partial charge on any atom is -0.469 e. The zero-order valence-electron chi connectivity index (χ0n) is 16.7. The number of anilines is 2. The molecule has 170 valence electrons. The van der Waals surface area contributed by atoms with E-state index in [0.717, 1.165) is 0 Å². The lowest BCUT2D eigenvalue weighted by Gasteiger charge is -2.36. The molecule has 13 heteroatoms. The van der Waals surface area contributed by atoms with Crippen molar-refractivity contribution in [1.29, 1.82) is 0 Å². The largest absolute Gasteiger partial charge is 0.469 e. The fourth-order valence-electron chi connectivity index (χ4n) is 3.73. The van der Waals surface area contributed by atoms with Crippen molar-refractivity contribution in [2.45, 2.75) is 30.8 Å². The Balaban J connectivity index is 1.36. The first-order valence-electron chi connectivity index (χ1n) is 10.0. The number of aliphatic hydroxyl groups is 1. The molecule has 5 heterocycles. The van der Waals surface area contributed by atoms with Crippen LogP contribution in [0.1, 0.15) is 12.0 Å². The first-order chi connectivity index (χ1) is 15.4. The number of hydrogen-bond acceptors (Lipinski definition) is 9. The Morgan fingerprint density at radius 1 is 1.19 bits per heavy atom. The molecule has 0 radical (unpaired) electrons. The van der Waals surface area contributed by atoms with Crippen molar-refractivity contribution >= 4 is 17.5 Å². The molecule has 0 amide bonds. The Morgan fingerprint density at radius 3 is 2.78 bits per heavy atom. The third-order valence-corrected chi connectivity index (χ3v) is 5.29. The van der Waals surface area contributed by atoms with E-state index >= 15 is 0 Å². The van der Waals surface area contributed by atoms with Gasteiger partial charge in [-0.3, -0.25) is 4.40 Å². The molecule has 2 aliphatic heterocycles. The van der Waals surface area contributed by atoms with Crippen molar-refractivity contribution in [3.8, 4) is 5.88 Å². The summed E-state index contributed by atoms with van der Waals surface area (Å²) in [6.07, 6.45) is -2.93. The van der Waals surface area contributed by atoms with Crippen LogP contribution in [0.4, 0.5) is 25.1 Å². The van der Waals surface area contributed by atoms with E-state index in [9.17, 15) is 18.3 Å². The molecule has 2 saturated heterocycles. The van der Waals surface area contributed by atoms with Crippen LogP contribution in [0.5, 0.6) is 5.88 Å². The quantitative estimate of drug-likeness (QED) is 0.594. The number of nitrogens with zero attached hydrogens (tertiary/aromatic N) is 6. The van der Waals surface area contributed by atoms with Crippen molar-refractivity contribution in [2.75, 3.05) is 36.5 Å². The van der Waals surface area contributed by atoms with Gasteiger partial charge in [-0.25, -0.2) is 4.98 Å². The Hall–Kier alpha value is -3.19. The van der Waals surface area contributed by atoms with Gasteiger partial charge in [0, 0.05) is 31.5 Å². The molecule has 0 spiro atoms. The van der Waals surface area contributed by atoms with E-state index in [1.54, 1.807) is 4.40 Å². The predicted octanol–water partition coefficient (Wildman–Crippen LogP) is 1.37. The Bertz CT molecular complexity index is 1110. The minimum atomic E-state index is -4.65. The Morgan fingerprint density at radius 2 is 2.03 bits per heavy atom. The summed E-state index contributed by atoms with van der Waals surface area (Å²) in [5.41, 5.74) is -0.380. The van der Waals surface area contributed by atoms with Gasteiger partial charge in [0.05, 0.1) is 19.3 Å². The van der Waals surface area contributed by atoms with E-state index in [1.165, 1.54) is 0 Å². The van der Waals surface area contributed by atoms with Gasteiger partial charge in [0.25, 0.3) is 0 Å². The van der Waals surface area contributed by atoms with Crippen molar-refractivity contribution in [3.63, 3.8) is 0 Å². The van der Waals surface area contributed by atoms with Crippen molar-refractivity contribution in [2.24, 2.45) is 0 Å². The minimum absolute atomic E-state index is 0.0154. The standard InChI is InChI=1S/C19H20F3N7O3/c20-19(21,22)14-6-23-17(25-16(14)32-13-9-31-10-13)24-11-5-12(30)8-28(7-11)18-27-26-15-3-1-2-4-29(15)18/h1-4,6,11-13,30H,5,7-10H2,(H,23,24,25)/t11-,12-/m1/s1. The van der Waals surface area contributed by atoms with E-state index in [4.69, 9.17) is 9.47 Å². The summed E-state index contributed by atoms with van der Waals surface area (Å²) in [6.45, 7) is 1.18. The second-order valence-corrected chi connectivity index (χ2v) is 7.75. The number of hydrogen-bond donors (Lipinski definition) is 2. The van der Waals surface area contributed by atoms with Crippen LogP contribution in [0, 0.1) is 0 Å². The number of piperidine rings is 1. The van der Waals surface area contributed by atoms with Crippen LogP contribution in [0.25, 0.3) is 5.65 Å². The number of halogens is 3. The highest BCUT2D eigenvalue weighted by Crippen LogP contribution is 2.36. The molecule has 0 aliphatic carbocycles. The molecule has 2 aliphatic rings. The predicted molar refractivity (Wildman–Crippen MR) is 106 cm³/mol. The monoisotopic (exact) mass is 451 g/mol. The normalized spacial score (nSPS) is 22.1. The SMILES string of the molecule is O[C@@H]1C[C@@H](Nc2ncc(C(F)(F)F)c(OC3COC3)n2)CN(c2nnc3ccccn23)C1. The first-order valence-corrected chi connectivity index (χ1v) is 10.0. The molecule has 10 nitrogen and oxygen atoms in total. The van der Waals surface area contributed by atoms with Gasteiger partial charge in [-0.2, -0.15) is 18.2 Å². The maximum Gasteiger partial charge on any atom is 0.423 e. The number of β-amino-alcohol motifs (C(OH)–C–C–N with tert-alkyl or cyclic N) is 1. The van der Waals surface area contributed by atoms with Crippen LogP contribution in [0.15, 0.2) is 30.6 Å². The van der Waals surface area contributed by atoms with E-state index in [2.05, 4.69) is 25.5 Å². The van der Waals surface area contributed by atoms with Crippen LogP contribution in [0.2, 0.25) is 0 Å². The molecule has 3 aromatic heterocycles. The molecule has 32 heavy (non-hydrogen) atoms. The van der Waals surface area contributed by atoms with Crippen LogP contribution in [0.3, 0.4) is 0 Å². The summed E-state index contributed by atoms with van der Waals surface area (Å²) in [7, 11) is 0. The summed E-state index contributed by atoms with van der Waals surface area (Å²) >= 11 is 0. The number of nitrogens with one attached hydrogen (secondary N) is 1. The lowest BCUT2D eigenvalue weighted by Crippen LogP contribution is -2.49. The molecule has 2 N–H and O–H groups in total. The van der Waals surface area contributed by atoms with Gasteiger partial charge in [-0.1, -0.05) is 6.07 Å². The maximum atomic E-state index is 13.3. The summed E-state index contributed by atoms with van der Waals surface area (Å²) in [5.74, 6) is 0.00634. The smallest absolute Gasteiger partial charge is 0.423 e. The fraction of sp³-hybridized carbons (Fsp3) is 0.474. The van der Waals surface area contributed by atoms with Crippen LogP contribution >= 0.6 is 0 Å².